The zero-order chi connectivity index (χ0) is 21.0. The topological polar surface area (TPSA) is 98.7 Å². The van der Waals surface area contributed by atoms with Crippen LogP contribution >= 0.6 is 0 Å². The maximum absolute atomic E-state index is 12.1. The fraction of sp³-hybridized carbons (Fsp3) is 0.600. The van der Waals surface area contributed by atoms with E-state index in [1.54, 1.807) is 0 Å². The first-order chi connectivity index (χ1) is 13.5. The molecule has 0 spiro atoms. The van der Waals surface area contributed by atoms with Gasteiger partial charge in [-0.3, -0.25) is 9.69 Å². The van der Waals surface area contributed by atoms with E-state index in [-0.39, 0.29) is 17.5 Å². The molecule has 2 atom stereocenters. The normalized spacial score (nSPS) is 24.3. The van der Waals surface area contributed by atoms with E-state index >= 15 is 0 Å². The molecule has 0 bridgehead atoms. The molecule has 29 heavy (non-hydrogen) atoms. The summed E-state index contributed by atoms with van der Waals surface area (Å²) in [6.07, 6.45) is -0.923. The molecule has 1 amide bonds. The van der Waals surface area contributed by atoms with E-state index in [4.69, 9.17) is 9.47 Å². The minimum atomic E-state index is -0.923. The van der Waals surface area contributed by atoms with Crippen LogP contribution in [0.25, 0.3) is 0 Å². The zero-order valence-corrected chi connectivity index (χ0v) is 17.5. The van der Waals surface area contributed by atoms with Crippen molar-refractivity contribution in [2.75, 3.05) is 29.9 Å². The number of rotatable bonds is 4. The molecule has 158 valence electrons. The molecule has 0 aliphatic carbocycles. The summed E-state index contributed by atoms with van der Waals surface area (Å²) in [5.74, 6) is 1.27. The molecular weight excluding hydrogens is 374 g/mol. The van der Waals surface area contributed by atoms with Gasteiger partial charge in [-0.05, 0) is 52.8 Å². The Hall–Kier alpha value is -2.36. The summed E-state index contributed by atoms with van der Waals surface area (Å²) in [7, 11) is 0. The maximum Gasteiger partial charge on any atom is 0.262 e. The largest absolute Gasteiger partial charge is 0.483 e. The van der Waals surface area contributed by atoms with Gasteiger partial charge in [-0.2, -0.15) is 5.10 Å². The number of hydrogen-bond donors (Lipinski definition) is 3. The first kappa shape index (κ1) is 19.9. The Morgan fingerprint density at radius 1 is 1.41 bits per heavy atom. The molecule has 1 saturated heterocycles. The average molecular weight is 403 g/mol. The lowest BCUT2D eigenvalue weighted by atomic mass is 9.92. The van der Waals surface area contributed by atoms with Gasteiger partial charge in [0.25, 0.3) is 5.91 Å². The number of carbonyl (C=O) groups excluding carboxylic acids is 1. The molecule has 9 nitrogen and oxygen atoms in total. The van der Waals surface area contributed by atoms with Gasteiger partial charge in [-0.25, -0.2) is 5.43 Å². The minimum Gasteiger partial charge on any atom is -0.483 e. The predicted octanol–water partition coefficient (Wildman–Crippen LogP) is 1.29. The van der Waals surface area contributed by atoms with E-state index < -0.39 is 12.0 Å². The van der Waals surface area contributed by atoms with Gasteiger partial charge in [0, 0.05) is 18.8 Å². The van der Waals surface area contributed by atoms with Crippen LogP contribution < -0.4 is 20.4 Å². The maximum atomic E-state index is 12.1. The van der Waals surface area contributed by atoms with Gasteiger partial charge >= 0.3 is 0 Å². The number of anilines is 2. The lowest BCUT2D eigenvalue weighted by Gasteiger charge is -2.51. The lowest BCUT2D eigenvalue weighted by Crippen LogP contribution is -2.67. The Morgan fingerprint density at radius 3 is 2.83 bits per heavy atom. The lowest BCUT2D eigenvalue weighted by molar-refractivity contribution is -0.260. The molecule has 1 fully saturated rings. The number of amides is 1. The third kappa shape index (κ3) is 3.90. The summed E-state index contributed by atoms with van der Waals surface area (Å²) < 4.78 is 11.4. The van der Waals surface area contributed by atoms with Crippen LogP contribution in [0.2, 0.25) is 0 Å². The first-order valence-electron chi connectivity index (χ1n) is 9.85. The highest BCUT2D eigenvalue weighted by atomic mass is 16.6. The van der Waals surface area contributed by atoms with Crippen molar-refractivity contribution in [3.05, 3.63) is 18.2 Å². The second kappa shape index (κ2) is 6.86. The SMILES string of the molecule is CC1C(=O)NN=C2COc3ccc(NC4(C)CN(C(O)OC(C)(C)C)C4)cc3N21. The second-order valence-electron chi connectivity index (χ2n) is 9.17. The molecule has 3 heterocycles. The molecule has 3 aliphatic rings. The van der Waals surface area contributed by atoms with Gasteiger partial charge in [0.2, 0.25) is 6.41 Å². The molecule has 0 saturated carbocycles. The molecule has 0 radical (unpaired) electrons. The van der Waals surface area contributed by atoms with E-state index in [9.17, 15) is 9.90 Å². The standard InChI is InChI=1S/C20H29N5O4/c1-12-17(26)23-22-16-9-28-15-7-6-13(8-14(15)25(12)16)21-20(5)10-24(11-20)18(27)29-19(2,3)4/h6-8,12,18,21,27H,9-11H2,1-5H3,(H,23,26). The van der Waals surface area contributed by atoms with Crippen molar-refractivity contribution < 1.29 is 19.4 Å². The molecule has 0 aromatic heterocycles. The Bertz CT molecular complexity index is 844. The molecule has 3 aliphatic heterocycles. The van der Waals surface area contributed by atoms with Crippen LogP contribution in [0, 0.1) is 0 Å². The fourth-order valence-corrected chi connectivity index (χ4v) is 3.93. The van der Waals surface area contributed by atoms with Crippen molar-refractivity contribution in [1.82, 2.24) is 10.3 Å². The number of fused-ring (bicyclic) bond motifs is 3. The van der Waals surface area contributed by atoms with Crippen LogP contribution in [0.4, 0.5) is 11.4 Å². The molecular formula is C20H29N5O4. The third-order valence-electron chi connectivity index (χ3n) is 5.24. The number of nitrogens with one attached hydrogen (secondary N) is 2. The number of amidine groups is 1. The van der Waals surface area contributed by atoms with Crippen LogP contribution in [0.5, 0.6) is 5.75 Å². The van der Waals surface area contributed by atoms with Crippen LogP contribution in [0.3, 0.4) is 0 Å². The Labute approximate surface area is 170 Å². The van der Waals surface area contributed by atoms with E-state index in [0.717, 1.165) is 17.1 Å². The van der Waals surface area contributed by atoms with Crippen molar-refractivity contribution in [3.63, 3.8) is 0 Å². The Balaban J connectivity index is 1.47. The van der Waals surface area contributed by atoms with Gasteiger partial charge in [-0.15, -0.1) is 0 Å². The average Bonchev–Trinajstić information content (AvgIpc) is 2.60. The monoisotopic (exact) mass is 403 g/mol. The van der Waals surface area contributed by atoms with E-state index in [0.29, 0.717) is 25.5 Å². The number of aliphatic hydroxyl groups is 1. The summed E-state index contributed by atoms with van der Waals surface area (Å²) in [4.78, 5) is 15.9. The highest BCUT2D eigenvalue weighted by molar-refractivity contribution is 6.09. The summed E-state index contributed by atoms with van der Waals surface area (Å²) >= 11 is 0. The quantitative estimate of drug-likeness (QED) is 0.652. The molecule has 3 N–H and O–H groups in total. The van der Waals surface area contributed by atoms with Crippen LogP contribution in [0.15, 0.2) is 23.3 Å². The van der Waals surface area contributed by atoms with Gasteiger partial charge in [0.15, 0.2) is 5.84 Å². The van der Waals surface area contributed by atoms with Crippen molar-refractivity contribution in [2.45, 2.75) is 58.2 Å². The van der Waals surface area contributed by atoms with E-state index in [1.807, 2.05) is 55.7 Å². The van der Waals surface area contributed by atoms with Crippen molar-refractivity contribution in [1.29, 1.82) is 0 Å². The number of nitrogens with zero attached hydrogens (tertiary/aromatic N) is 3. The third-order valence-corrected chi connectivity index (χ3v) is 5.24. The number of aliphatic hydroxyl groups excluding tert-OH is 1. The Kier molecular flexibility index (Phi) is 4.71. The zero-order valence-electron chi connectivity index (χ0n) is 17.5. The summed E-state index contributed by atoms with van der Waals surface area (Å²) in [5, 5.41) is 17.9. The van der Waals surface area contributed by atoms with Crippen molar-refractivity contribution in [2.24, 2.45) is 5.10 Å². The number of hydrazone groups is 1. The minimum absolute atomic E-state index is 0.144. The summed E-state index contributed by atoms with van der Waals surface area (Å²) in [6, 6.07) is 5.49. The van der Waals surface area contributed by atoms with Crippen LogP contribution in [-0.4, -0.2) is 65.0 Å². The smallest absolute Gasteiger partial charge is 0.262 e. The van der Waals surface area contributed by atoms with Crippen LogP contribution in [-0.2, 0) is 9.53 Å². The summed E-state index contributed by atoms with van der Waals surface area (Å²) in [6.45, 7) is 11.3. The van der Waals surface area contributed by atoms with Gasteiger partial charge in [0.05, 0.1) is 16.8 Å². The fourth-order valence-electron chi connectivity index (χ4n) is 3.93. The Morgan fingerprint density at radius 2 is 2.14 bits per heavy atom. The number of carbonyl (C=O) groups is 1. The van der Waals surface area contributed by atoms with Gasteiger partial charge < -0.3 is 24.8 Å². The van der Waals surface area contributed by atoms with Crippen molar-refractivity contribution >= 4 is 23.1 Å². The molecule has 4 rings (SSSR count). The van der Waals surface area contributed by atoms with Gasteiger partial charge in [-0.1, -0.05) is 0 Å². The molecule has 1 aromatic carbocycles. The number of benzene rings is 1. The number of hydrogen-bond acceptors (Lipinski definition) is 8. The predicted molar refractivity (Wildman–Crippen MR) is 110 cm³/mol. The highest BCUT2D eigenvalue weighted by Crippen LogP contribution is 2.38. The molecule has 1 aromatic rings. The van der Waals surface area contributed by atoms with Crippen LogP contribution in [0.1, 0.15) is 34.6 Å². The molecule has 9 heteroatoms. The second-order valence-corrected chi connectivity index (χ2v) is 9.17. The highest BCUT2D eigenvalue weighted by Gasteiger charge is 2.43. The van der Waals surface area contributed by atoms with Gasteiger partial charge in [0.1, 0.15) is 18.4 Å². The number of ether oxygens (including phenoxy) is 2. The molecule has 2 unspecified atom stereocenters. The van der Waals surface area contributed by atoms with E-state index in [1.165, 1.54) is 0 Å². The summed E-state index contributed by atoms with van der Waals surface area (Å²) in [5.41, 5.74) is 3.66. The van der Waals surface area contributed by atoms with E-state index in [2.05, 4.69) is 22.8 Å². The van der Waals surface area contributed by atoms with Crippen molar-refractivity contribution in [3.8, 4) is 5.75 Å². The first-order valence-corrected chi connectivity index (χ1v) is 9.85. The number of likely N-dealkylation sites (tertiary alicyclic amines) is 1.